The monoisotopic (exact) mass is 460 g/mol. The molecule has 0 saturated heterocycles. The quantitative estimate of drug-likeness (QED) is 0.244. The van der Waals surface area contributed by atoms with Gasteiger partial charge in [-0.25, -0.2) is 4.79 Å². The molecule has 0 amide bonds. The van der Waals surface area contributed by atoms with Crippen LogP contribution in [-0.4, -0.2) is 31.3 Å². The van der Waals surface area contributed by atoms with Crippen LogP contribution in [0.3, 0.4) is 0 Å². The maximum atomic E-state index is 12.6. The topological polar surface area (TPSA) is 61.8 Å². The van der Waals surface area contributed by atoms with Crippen molar-refractivity contribution in [1.29, 1.82) is 0 Å². The highest BCUT2D eigenvalue weighted by Gasteiger charge is 2.23. The van der Waals surface area contributed by atoms with Gasteiger partial charge < -0.3 is 14.2 Å². The largest absolute Gasteiger partial charge is 0.462 e. The van der Waals surface area contributed by atoms with Crippen LogP contribution >= 0.6 is 0 Å². The van der Waals surface area contributed by atoms with Gasteiger partial charge in [0.1, 0.15) is 6.61 Å². The second-order valence-corrected chi connectivity index (χ2v) is 10.1. The minimum absolute atomic E-state index is 0.0190. The molecule has 33 heavy (non-hydrogen) atoms. The predicted octanol–water partition coefficient (Wildman–Crippen LogP) is 6.21. The Balaban J connectivity index is 2.78. The van der Waals surface area contributed by atoms with Crippen LogP contribution < -0.4 is 0 Å². The molecular weight excluding hydrogens is 416 g/mol. The second kappa shape index (κ2) is 14.9. The number of hydrogen-bond donors (Lipinski definition) is 0. The molecule has 0 aliphatic rings. The predicted molar refractivity (Wildman–Crippen MR) is 132 cm³/mol. The number of carbonyl (C=O) groups is 2. The molecule has 5 heteroatoms. The van der Waals surface area contributed by atoms with Crippen molar-refractivity contribution in [3.05, 3.63) is 47.5 Å². The van der Waals surface area contributed by atoms with Crippen molar-refractivity contribution >= 4 is 11.9 Å². The average molecular weight is 461 g/mol. The summed E-state index contributed by atoms with van der Waals surface area (Å²) in [7, 11) is 0. The van der Waals surface area contributed by atoms with E-state index >= 15 is 0 Å². The first-order chi connectivity index (χ1) is 15.5. The molecule has 186 valence electrons. The molecule has 1 rings (SSSR count). The van der Waals surface area contributed by atoms with Crippen LogP contribution in [0.4, 0.5) is 0 Å². The highest BCUT2D eigenvalue weighted by molar-refractivity contribution is 5.83. The number of carbonyl (C=O) groups excluding carboxylic acids is 2. The van der Waals surface area contributed by atoms with Gasteiger partial charge in [-0.2, -0.15) is 0 Å². The van der Waals surface area contributed by atoms with E-state index in [1.165, 1.54) is 0 Å². The van der Waals surface area contributed by atoms with Crippen LogP contribution in [0.5, 0.6) is 0 Å². The van der Waals surface area contributed by atoms with Gasteiger partial charge in [0.2, 0.25) is 0 Å². The lowest BCUT2D eigenvalue weighted by atomic mass is 9.83. The molecule has 0 heterocycles. The smallest absolute Gasteiger partial charge is 0.331 e. The summed E-state index contributed by atoms with van der Waals surface area (Å²) < 4.78 is 17.0. The number of benzene rings is 1. The molecule has 1 aromatic rings. The number of rotatable bonds is 14. The molecule has 0 saturated carbocycles. The van der Waals surface area contributed by atoms with Gasteiger partial charge in [0, 0.05) is 12.5 Å². The molecule has 0 aromatic heterocycles. The van der Waals surface area contributed by atoms with Gasteiger partial charge in [-0.1, -0.05) is 91.3 Å². The molecule has 0 bridgehead atoms. The van der Waals surface area contributed by atoms with Crippen molar-refractivity contribution in [1.82, 2.24) is 0 Å². The Morgan fingerprint density at radius 3 is 1.94 bits per heavy atom. The third kappa shape index (κ3) is 11.5. The Morgan fingerprint density at radius 2 is 1.42 bits per heavy atom. The first-order valence-electron chi connectivity index (χ1n) is 12.2. The van der Waals surface area contributed by atoms with Crippen molar-refractivity contribution in [3.63, 3.8) is 0 Å². The molecule has 0 fully saturated rings. The van der Waals surface area contributed by atoms with Crippen molar-refractivity contribution in [2.45, 2.75) is 74.5 Å². The van der Waals surface area contributed by atoms with Crippen LogP contribution in [0.25, 0.3) is 0 Å². The fourth-order valence-electron chi connectivity index (χ4n) is 4.01. The highest BCUT2D eigenvalue weighted by atomic mass is 16.6. The average Bonchev–Trinajstić information content (AvgIpc) is 2.73. The van der Waals surface area contributed by atoms with Gasteiger partial charge in [-0.15, -0.1) is 0 Å². The van der Waals surface area contributed by atoms with Crippen LogP contribution in [0.1, 0.15) is 67.4 Å². The zero-order chi connectivity index (χ0) is 25.0. The number of ether oxygens (including phenoxy) is 3. The van der Waals surface area contributed by atoms with Crippen LogP contribution in [0, 0.1) is 29.6 Å². The first-order valence-corrected chi connectivity index (χ1v) is 12.2. The molecular formula is C28H44O5. The van der Waals surface area contributed by atoms with Gasteiger partial charge in [-0.3, -0.25) is 4.79 Å². The van der Waals surface area contributed by atoms with Gasteiger partial charge in [0.25, 0.3) is 0 Å². The Hall–Kier alpha value is -2.14. The Kier molecular flexibility index (Phi) is 13.0. The summed E-state index contributed by atoms with van der Waals surface area (Å²) in [6.45, 7) is 17.2. The molecule has 0 aliphatic carbocycles. The minimum Gasteiger partial charge on any atom is -0.462 e. The van der Waals surface area contributed by atoms with Gasteiger partial charge >= 0.3 is 11.9 Å². The molecule has 0 unspecified atom stereocenters. The molecule has 0 radical (unpaired) electrons. The van der Waals surface area contributed by atoms with E-state index in [1.54, 1.807) is 6.08 Å². The summed E-state index contributed by atoms with van der Waals surface area (Å²) in [6, 6.07) is 9.78. The molecule has 0 N–H and O–H groups in total. The van der Waals surface area contributed by atoms with Gasteiger partial charge in [-0.05, 0) is 35.2 Å². The lowest BCUT2D eigenvalue weighted by Gasteiger charge is -2.24. The SMILES string of the molecule is CC(C)C(=CC(=O)O[C@@H](COCc1ccccc1)COC(=O)CC(C(C)C)C(C)C)C(C)C. The van der Waals surface area contributed by atoms with Crippen molar-refractivity contribution in [2.75, 3.05) is 13.2 Å². The van der Waals surface area contributed by atoms with E-state index < -0.39 is 12.1 Å². The Labute approximate surface area is 200 Å². The first kappa shape index (κ1) is 28.9. The van der Waals surface area contributed by atoms with Crippen LogP contribution in [0.2, 0.25) is 0 Å². The van der Waals surface area contributed by atoms with Crippen molar-refractivity contribution < 1.29 is 23.8 Å². The zero-order valence-corrected chi connectivity index (χ0v) is 21.8. The van der Waals surface area contributed by atoms with Crippen molar-refractivity contribution in [3.8, 4) is 0 Å². The maximum absolute atomic E-state index is 12.6. The maximum Gasteiger partial charge on any atom is 0.331 e. The zero-order valence-electron chi connectivity index (χ0n) is 21.8. The fourth-order valence-corrected chi connectivity index (χ4v) is 4.01. The lowest BCUT2D eigenvalue weighted by Crippen LogP contribution is -2.30. The molecule has 1 aromatic carbocycles. The Morgan fingerprint density at radius 1 is 0.848 bits per heavy atom. The number of allylic oxidation sites excluding steroid dienone is 1. The lowest BCUT2D eigenvalue weighted by molar-refractivity contribution is -0.160. The third-order valence-corrected chi connectivity index (χ3v) is 5.86. The van der Waals surface area contributed by atoms with Gasteiger partial charge in [0.15, 0.2) is 6.10 Å². The molecule has 5 nitrogen and oxygen atoms in total. The minimum atomic E-state index is -0.668. The normalized spacial score (nSPS) is 12.5. The summed E-state index contributed by atoms with van der Waals surface area (Å²) in [5.74, 6) is 0.799. The number of esters is 2. The van der Waals surface area contributed by atoms with E-state index in [0.29, 0.717) is 24.9 Å². The van der Waals surface area contributed by atoms with E-state index in [-0.39, 0.29) is 36.9 Å². The van der Waals surface area contributed by atoms with Crippen LogP contribution in [0.15, 0.2) is 42.0 Å². The van der Waals surface area contributed by atoms with E-state index in [2.05, 4.69) is 55.4 Å². The standard InChI is InChI=1S/C28H44O5/c1-19(2)25(20(3)4)14-27(29)32-18-24(17-31-16-23-12-10-9-11-13-23)33-28(30)15-26(21(5)6)22(7)8/h9-13,15,19-22,24-25H,14,16-18H2,1-8H3/t24-/m0/s1. The Bertz CT molecular complexity index is 716. The summed E-state index contributed by atoms with van der Waals surface area (Å²) in [5.41, 5.74) is 2.05. The van der Waals surface area contributed by atoms with E-state index in [4.69, 9.17) is 14.2 Å². The molecule has 0 aliphatic heterocycles. The number of hydrogen-bond acceptors (Lipinski definition) is 5. The van der Waals surface area contributed by atoms with E-state index in [0.717, 1.165) is 11.1 Å². The second-order valence-electron chi connectivity index (χ2n) is 10.1. The van der Waals surface area contributed by atoms with Crippen LogP contribution in [-0.2, 0) is 30.4 Å². The van der Waals surface area contributed by atoms with E-state index in [1.807, 2.05) is 30.3 Å². The van der Waals surface area contributed by atoms with Gasteiger partial charge in [0.05, 0.1) is 13.2 Å². The third-order valence-electron chi connectivity index (χ3n) is 5.86. The van der Waals surface area contributed by atoms with Crippen molar-refractivity contribution in [2.24, 2.45) is 29.6 Å². The summed E-state index contributed by atoms with van der Waals surface area (Å²) >= 11 is 0. The summed E-state index contributed by atoms with van der Waals surface area (Å²) in [5, 5.41) is 0. The molecule has 0 spiro atoms. The fraction of sp³-hybridized carbons (Fsp3) is 0.643. The highest BCUT2D eigenvalue weighted by Crippen LogP contribution is 2.24. The summed E-state index contributed by atoms with van der Waals surface area (Å²) in [4.78, 5) is 25.1. The molecule has 1 atom stereocenters. The summed E-state index contributed by atoms with van der Waals surface area (Å²) in [6.07, 6.45) is 1.25. The van der Waals surface area contributed by atoms with E-state index in [9.17, 15) is 9.59 Å².